The van der Waals surface area contributed by atoms with Crippen molar-refractivity contribution in [1.29, 1.82) is 0 Å². The Kier molecular flexibility index (Phi) is 28.6. The van der Waals surface area contributed by atoms with Gasteiger partial charge < -0.3 is 10.2 Å². The van der Waals surface area contributed by atoms with E-state index in [9.17, 15) is 0 Å². The van der Waals surface area contributed by atoms with Crippen LogP contribution in [0.4, 0.5) is 0 Å². The summed E-state index contributed by atoms with van der Waals surface area (Å²) in [6.45, 7) is 7.31. The first-order valence-electron chi connectivity index (χ1n) is 9.60. The van der Waals surface area contributed by atoms with Crippen molar-refractivity contribution in [2.75, 3.05) is 13.1 Å². The second-order valence-corrected chi connectivity index (χ2v) is 6.33. The molecule has 0 heterocycles. The van der Waals surface area contributed by atoms with Gasteiger partial charge in [-0.05, 0) is 25.7 Å². The Morgan fingerprint density at radius 1 is 0.636 bits per heavy atom. The van der Waals surface area contributed by atoms with Crippen LogP contribution in [0.25, 0.3) is 0 Å². The van der Waals surface area contributed by atoms with E-state index in [4.69, 9.17) is 9.46 Å². The van der Waals surface area contributed by atoms with Gasteiger partial charge in [0.15, 0.2) is 0 Å². The van der Waals surface area contributed by atoms with E-state index in [2.05, 4.69) is 19.2 Å². The molecule has 0 saturated carbocycles. The number of hydrogen-bond donors (Lipinski definition) is 1. The van der Waals surface area contributed by atoms with E-state index in [0.29, 0.717) is 0 Å². The fraction of sp³-hybridized carbons (Fsp3) is 1.00. The predicted molar refractivity (Wildman–Crippen MR) is 95.3 cm³/mol. The SMILES string of the molecule is CCCCCCCCC[NH2+]CCCCCCCCC.O=P[O-]. The molecule has 0 unspecified atom stereocenters. The molecule has 134 valence electrons. The van der Waals surface area contributed by atoms with Gasteiger partial charge in [-0.1, -0.05) is 78.1 Å². The first-order chi connectivity index (χ1) is 10.8. The minimum Gasteiger partial charge on any atom is -0.772 e. The van der Waals surface area contributed by atoms with Crippen LogP contribution in [0.1, 0.15) is 104 Å². The van der Waals surface area contributed by atoms with Gasteiger partial charge in [0.05, 0.1) is 21.8 Å². The minimum absolute atomic E-state index is 1.08. The second-order valence-electron chi connectivity index (χ2n) is 6.18. The van der Waals surface area contributed by atoms with Gasteiger partial charge in [-0.25, -0.2) is 0 Å². The van der Waals surface area contributed by atoms with E-state index in [1.165, 1.54) is 103 Å². The van der Waals surface area contributed by atoms with Crippen molar-refractivity contribution < 1.29 is 14.8 Å². The van der Waals surface area contributed by atoms with Crippen LogP contribution in [0.5, 0.6) is 0 Å². The molecule has 0 aromatic heterocycles. The van der Waals surface area contributed by atoms with Crippen LogP contribution in [0.15, 0.2) is 0 Å². The largest absolute Gasteiger partial charge is 0.772 e. The van der Waals surface area contributed by atoms with Crippen LogP contribution < -0.4 is 10.2 Å². The standard InChI is InChI=1S/C18H39N.HO2P/c1-3-5-7-9-11-13-15-17-19-18-16-14-12-10-8-6-4-2;1-3-2/h19H,3-18H2,1-2H3;(H,1,2). The van der Waals surface area contributed by atoms with E-state index in [1.54, 1.807) is 0 Å². The summed E-state index contributed by atoms with van der Waals surface area (Å²) in [5.41, 5.74) is 0. The van der Waals surface area contributed by atoms with Gasteiger partial charge in [0.25, 0.3) is 0 Å². The van der Waals surface area contributed by atoms with Crippen LogP contribution in [-0.4, -0.2) is 13.1 Å². The fourth-order valence-electron chi connectivity index (χ4n) is 2.64. The van der Waals surface area contributed by atoms with Gasteiger partial charge in [-0.2, -0.15) is 0 Å². The highest BCUT2D eigenvalue weighted by molar-refractivity contribution is 7.14. The Labute approximate surface area is 140 Å². The molecule has 0 radical (unpaired) electrons. The monoisotopic (exact) mass is 333 g/mol. The average Bonchev–Trinajstić information content (AvgIpc) is 2.52. The van der Waals surface area contributed by atoms with Crippen molar-refractivity contribution in [3.8, 4) is 0 Å². The topological polar surface area (TPSA) is 56.7 Å². The fourth-order valence-corrected chi connectivity index (χ4v) is 2.64. The van der Waals surface area contributed by atoms with Crippen LogP contribution in [0, 0.1) is 0 Å². The number of hydrogen-bond acceptors (Lipinski definition) is 2. The third-order valence-electron chi connectivity index (χ3n) is 4.02. The number of rotatable bonds is 16. The van der Waals surface area contributed by atoms with Crippen molar-refractivity contribution in [3.63, 3.8) is 0 Å². The summed E-state index contributed by atoms with van der Waals surface area (Å²) >= 11 is 0. The summed E-state index contributed by atoms with van der Waals surface area (Å²) in [4.78, 5) is 8.35. The van der Waals surface area contributed by atoms with E-state index < -0.39 is 8.69 Å². The molecular formula is C18H40NO2P. The summed E-state index contributed by atoms with van der Waals surface area (Å²) in [5, 5.41) is 2.54. The molecule has 0 rings (SSSR count). The van der Waals surface area contributed by atoms with Crippen molar-refractivity contribution in [3.05, 3.63) is 0 Å². The van der Waals surface area contributed by atoms with Gasteiger partial charge in [0.1, 0.15) is 0 Å². The van der Waals surface area contributed by atoms with E-state index in [0.717, 1.165) is 0 Å². The first kappa shape index (κ1) is 24.3. The quantitative estimate of drug-likeness (QED) is 0.331. The van der Waals surface area contributed by atoms with E-state index in [-0.39, 0.29) is 0 Å². The maximum atomic E-state index is 8.35. The molecule has 0 aliphatic carbocycles. The Bertz CT molecular complexity index is 176. The highest BCUT2D eigenvalue weighted by atomic mass is 31.1. The van der Waals surface area contributed by atoms with Crippen LogP contribution in [-0.2, 0) is 4.57 Å². The second kappa shape index (κ2) is 25.9. The maximum absolute atomic E-state index is 8.35. The van der Waals surface area contributed by atoms with Gasteiger partial charge in [-0.15, -0.1) is 0 Å². The lowest BCUT2D eigenvalue weighted by Gasteiger charge is -2.03. The smallest absolute Gasteiger partial charge is 0.0755 e. The molecule has 3 nitrogen and oxygen atoms in total. The zero-order valence-corrected chi connectivity index (χ0v) is 16.0. The number of unbranched alkanes of at least 4 members (excludes halogenated alkanes) is 12. The molecule has 0 amide bonds. The highest BCUT2D eigenvalue weighted by Crippen LogP contribution is 2.06. The number of quaternary nitrogens is 1. The van der Waals surface area contributed by atoms with Gasteiger partial charge in [0, 0.05) is 0 Å². The van der Waals surface area contributed by atoms with Crippen LogP contribution >= 0.6 is 8.69 Å². The molecule has 0 fully saturated rings. The van der Waals surface area contributed by atoms with Crippen molar-refractivity contribution >= 4 is 8.69 Å². The molecule has 0 aliphatic rings. The number of nitrogens with two attached hydrogens (primary N) is 1. The third-order valence-corrected chi connectivity index (χ3v) is 4.02. The molecule has 0 aliphatic heterocycles. The maximum Gasteiger partial charge on any atom is 0.0755 e. The summed E-state index contributed by atoms with van der Waals surface area (Å²) < 4.78 is 8.35. The summed E-state index contributed by atoms with van der Waals surface area (Å²) in [6, 6.07) is 0. The zero-order chi connectivity index (χ0) is 16.7. The molecule has 0 saturated heterocycles. The Hall–Kier alpha value is 0.0200. The van der Waals surface area contributed by atoms with Gasteiger partial charge in [0.2, 0.25) is 0 Å². The van der Waals surface area contributed by atoms with E-state index in [1.807, 2.05) is 0 Å². The van der Waals surface area contributed by atoms with Crippen molar-refractivity contribution in [2.24, 2.45) is 0 Å². The van der Waals surface area contributed by atoms with Gasteiger partial charge >= 0.3 is 0 Å². The lowest BCUT2D eigenvalue weighted by atomic mass is 10.1. The van der Waals surface area contributed by atoms with Crippen molar-refractivity contribution in [2.45, 2.75) is 104 Å². The molecule has 0 spiro atoms. The molecule has 0 aromatic carbocycles. The molecule has 0 aromatic rings. The van der Waals surface area contributed by atoms with Crippen LogP contribution in [0.3, 0.4) is 0 Å². The summed E-state index contributed by atoms with van der Waals surface area (Å²) in [7, 11) is -1.08. The molecule has 0 bridgehead atoms. The van der Waals surface area contributed by atoms with E-state index >= 15 is 0 Å². The normalized spacial score (nSPS) is 10.5. The summed E-state index contributed by atoms with van der Waals surface area (Å²) in [5.74, 6) is 0. The molecular weight excluding hydrogens is 293 g/mol. The van der Waals surface area contributed by atoms with Crippen molar-refractivity contribution in [1.82, 2.24) is 0 Å². The van der Waals surface area contributed by atoms with Crippen LogP contribution in [0.2, 0.25) is 0 Å². The average molecular weight is 333 g/mol. The Morgan fingerprint density at radius 3 is 1.23 bits per heavy atom. The highest BCUT2D eigenvalue weighted by Gasteiger charge is 1.95. The summed E-state index contributed by atoms with van der Waals surface area (Å²) in [6.07, 6.45) is 20.1. The molecule has 0 atom stereocenters. The minimum atomic E-state index is -1.08. The Morgan fingerprint density at radius 2 is 0.909 bits per heavy atom. The molecule has 22 heavy (non-hydrogen) atoms. The predicted octanol–water partition coefficient (Wildman–Crippen LogP) is 4.60. The zero-order valence-electron chi connectivity index (χ0n) is 15.2. The van der Waals surface area contributed by atoms with Gasteiger partial charge in [-0.3, -0.25) is 4.57 Å². The molecule has 2 N–H and O–H groups in total. The first-order valence-corrected chi connectivity index (χ1v) is 10.3. The third kappa shape index (κ3) is 28.2. The Balaban J connectivity index is 0. The molecule has 4 heteroatoms. The lowest BCUT2D eigenvalue weighted by Crippen LogP contribution is -2.84. The lowest BCUT2D eigenvalue weighted by molar-refractivity contribution is -0.655.